The summed E-state index contributed by atoms with van der Waals surface area (Å²) in [7, 11) is 5.82. The number of hydrogen-bond donors (Lipinski definition) is 0. The second-order valence-electron chi connectivity index (χ2n) is 5.84. The highest BCUT2D eigenvalue weighted by Crippen LogP contribution is 2.27. The highest BCUT2D eigenvalue weighted by Gasteiger charge is 2.16. The van der Waals surface area contributed by atoms with Crippen molar-refractivity contribution in [2.45, 2.75) is 12.5 Å². The van der Waals surface area contributed by atoms with Crippen molar-refractivity contribution in [2.75, 3.05) is 27.7 Å². The molecule has 0 radical (unpaired) electrons. The molecule has 0 bridgehead atoms. The lowest BCUT2D eigenvalue weighted by Crippen LogP contribution is -2.21. The number of tetrazole rings is 1. The Bertz CT molecular complexity index is 770. The van der Waals surface area contributed by atoms with E-state index in [2.05, 4.69) is 58.7 Å². The van der Waals surface area contributed by atoms with Gasteiger partial charge in [-0.15, -0.1) is 10.2 Å². The zero-order valence-electron chi connectivity index (χ0n) is 13.7. The molecule has 1 heterocycles. The second kappa shape index (κ2) is 6.75. The first-order valence-electron chi connectivity index (χ1n) is 7.62. The molecule has 0 aliphatic rings. The van der Waals surface area contributed by atoms with Crippen LogP contribution in [0.4, 0.5) is 0 Å². The summed E-state index contributed by atoms with van der Waals surface area (Å²) in [5.74, 6) is 0.868. The molecular weight excluding hydrogens is 290 g/mol. The van der Waals surface area contributed by atoms with Gasteiger partial charge in [-0.25, -0.2) is 0 Å². The lowest BCUT2D eigenvalue weighted by Gasteiger charge is -2.19. The fourth-order valence-corrected chi connectivity index (χ4v) is 2.69. The fourth-order valence-electron chi connectivity index (χ4n) is 2.69. The number of aromatic nitrogens is 4. The minimum absolute atomic E-state index is 0.0754. The largest absolute Gasteiger partial charge is 0.497 e. The molecule has 0 aliphatic heterocycles. The van der Waals surface area contributed by atoms with E-state index in [0.717, 1.165) is 24.1 Å². The topological polar surface area (TPSA) is 56.1 Å². The van der Waals surface area contributed by atoms with E-state index < -0.39 is 0 Å². The van der Waals surface area contributed by atoms with E-state index in [1.807, 2.05) is 12.1 Å². The highest BCUT2D eigenvalue weighted by atomic mass is 16.5. The average molecular weight is 311 g/mol. The van der Waals surface area contributed by atoms with E-state index in [1.54, 1.807) is 11.9 Å². The van der Waals surface area contributed by atoms with Gasteiger partial charge in [-0.1, -0.05) is 18.2 Å². The Kier molecular flexibility index (Phi) is 4.52. The van der Waals surface area contributed by atoms with Crippen LogP contribution in [0.5, 0.6) is 5.75 Å². The second-order valence-corrected chi connectivity index (χ2v) is 5.84. The Balaban J connectivity index is 1.96. The molecule has 1 aromatic heterocycles. The summed E-state index contributed by atoms with van der Waals surface area (Å²) in [5, 5.41) is 14.5. The van der Waals surface area contributed by atoms with Gasteiger partial charge in [-0.2, -0.15) is 4.80 Å². The van der Waals surface area contributed by atoms with Crippen molar-refractivity contribution in [3.63, 3.8) is 0 Å². The van der Waals surface area contributed by atoms with E-state index in [0.29, 0.717) is 0 Å². The van der Waals surface area contributed by atoms with Crippen LogP contribution in [0.2, 0.25) is 0 Å². The number of fused-ring (bicyclic) bond motifs is 1. The molecule has 0 N–H and O–H groups in total. The van der Waals surface area contributed by atoms with Crippen LogP contribution in [0.15, 0.2) is 42.7 Å². The van der Waals surface area contributed by atoms with E-state index in [-0.39, 0.29) is 6.04 Å². The van der Waals surface area contributed by atoms with E-state index in [4.69, 9.17) is 4.74 Å². The first-order valence-corrected chi connectivity index (χ1v) is 7.62. The molecule has 120 valence electrons. The van der Waals surface area contributed by atoms with Gasteiger partial charge in [0.2, 0.25) is 0 Å². The lowest BCUT2D eigenvalue weighted by atomic mass is 10.00. The van der Waals surface area contributed by atoms with Gasteiger partial charge in [0.15, 0.2) is 6.33 Å². The summed E-state index contributed by atoms with van der Waals surface area (Å²) in [5.41, 5.74) is 1.18. The third-order valence-electron chi connectivity index (χ3n) is 3.95. The molecule has 0 saturated carbocycles. The van der Waals surface area contributed by atoms with Gasteiger partial charge >= 0.3 is 0 Å². The van der Waals surface area contributed by atoms with Crippen LogP contribution >= 0.6 is 0 Å². The third kappa shape index (κ3) is 3.48. The quantitative estimate of drug-likeness (QED) is 0.699. The molecule has 0 amide bonds. The molecule has 6 heteroatoms. The van der Waals surface area contributed by atoms with Crippen LogP contribution in [-0.2, 0) is 0 Å². The monoisotopic (exact) mass is 311 g/mol. The van der Waals surface area contributed by atoms with Gasteiger partial charge in [-0.05, 0) is 66.8 Å². The SMILES string of the molecule is COc1ccc2cc(C(CCN(C)C)n3ncnn3)ccc2c1. The van der Waals surface area contributed by atoms with Crippen LogP contribution in [0.1, 0.15) is 18.0 Å². The Hall–Kier alpha value is -2.47. The number of nitrogens with zero attached hydrogens (tertiary/aromatic N) is 5. The van der Waals surface area contributed by atoms with Crippen molar-refractivity contribution >= 4 is 10.8 Å². The molecule has 0 fully saturated rings. The van der Waals surface area contributed by atoms with Crippen molar-refractivity contribution in [2.24, 2.45) is 0 Å². The predicted octanol–water partition coefficient (Wildman–Crippen LogP) is 2.38. The zero-order valence-corrected chi connectivity index (χ0v) is 13.7. The summed E-state index contributed by atoms with van der Waals surface area (Å²) in [6, 6.07) is 12.6. The fraction of sp³-hybridized carbons (Fsp3) is 0.353. The van der Waals surface area contributed by atoms with E-state index in [9.17, 15) is 0 Å². The standard InChI is InChI=1S/C17H21N5O/c1-21(2)9-8-17(22-19-12-18-20-22)15-5-4-14-11-16(23-3)7-6-13(14)10-15/h4-7,10-12,17H,8-9H2,1-3H3. The summed E-state index contributed by atoms with van der Waals surface area (Å²) >= 11 is 0. The van der Waals surface area contributed by atoms with Gasteiger partial charge in [-0.3, -0.25) is 0 Å². The Morgan fingerprint density at radius 3 is 2.61 bits per heavy atom. The zero-order chi connectivity index (χ0) is 16.2. The van der Waals surface area contributed by atoms with Gasteiger partial charge in [0.1, 0.15) is 5.75 Å². The first kappa shape index (κ1) is 15.4. The van der Waals surface area contributed by atoms with E-state index in [1.165, 1.54) is 17.3 Å². The Morgan fingerprint density at radius 2 is 1.91 bits per heavy atom. The normalized spacial score (nSPS) is 12.7. The molecule has 0 saturated heterocycles. The molecule has 1 unspecified atom stereocenters. The lowest BCUT2D eigenvalue weighted by molar-refractivity contribution is 0.339. The highest BCUT2D eigenvalue weighted by molar-refractivity contribution is 5.84. The average Bonchev–Trinajstić information content (AvgIpc) is 3.08. The molecule has 3 rings (SSSR count). The van der Waals surface area contributed by atoms with Crippen LogP contribution < -0.4 is 4.74 Å². The summed E-state index contributed by atoms with van der Waals surface area (Å²) < 4.78 is 5.29. The minimum Gasteiger partial charge on any atom is -0.497 e. The summed E-state index contributed by atoms with van der Waals surface area (Å²) in [6.07, 6.45) is 2.40. The predicted molar refractivity (Wildman–Crippen MR) is 89.6 cm³/mol. The third-order valence-corrected chi connectivity index (χ3v) is 3.95. The maximum atomic E-state index is 5.29. The smallest absolute Gasteiger partial charge is 0.162 e. The minimum atomic E-state index is 0.0754. The maximum absolute atomic E-state index is 5.29. The van der Waals surface area contributed by atoms with Crippen LogP contribution in [-0.4, -0.2) is 52.9 Å². The van der Waals surface area contributed by atoms with E-state index >= 15 is 0 Å². The molecule has 2 aromatic carbocycles. The molecule has 3 aromatic rings. The van der Waals surface area contributed by atoms with Gasteiger partial charge < -0.3 is 9.64 Å². The number of ether oxygens (including phenoxy) is 1. The molecule has 1 atom stereocenters. The van der Waals surface area contributed by atoms with Crippen LogP contribution in [0.3, 0.4) is 0 Å². The number of rotatable bonds is 6. The Morgan fingerprint density at radius 1 is 1.13 bits per heavy atom. The first-order chi connectivity index (χ1) is 11.2. The molecule has 23 heavy (non-hydrogen) atoms. The summed E-state index contributed by atoms with van der Waals surface area (Å²) in [6.45, 7) is 0.951. The van der Waals surface area contributed by atoms with Crippen molar-refractivity contribution < 1.29 is 4.74 Å². The van der Waals surface area contributed by atoms with Crippen molar-refractivity contribution in [1.82, 2.24) is 25.1 Å². The Labute approximate surface area is 135 Å². The van der Waals surface area contributed by atoms with Gasteiger partial charge in [0.05, 0.1) is 13.2 Å². The van der Waals surface area contributed by atoms with Gasteiger partial charge in [0, 0.05) is 0 Å². The van der Waals surface area contributed by atoms with Crippen LogP contribution in [0.25, 0.3) is 10.8 Å². The molecule has 0 aliphatic carbocycles. The number of benzene rings is 2. The maximum Gasteiger partial charge on any atom is 0.162 e. The summed E-state index contributed by atoms with van der Waals surface area (Å²) in [4.78, 5) is 3.85. The van der Waals surface area contributed by atoms with Crippen molar-refractivity contribution in [1.29, 1.82) is 0 Å². The number of hydrogen-bond acceptors (Lipinski definition) is 5. The van der Waals surface area contributed by atoms with Gasteiger partial charge in [0.25, 0.3) is 0 Å². The molecule has 0 spiro atoms. The van der Waals surface area contributed by atoms with Crippen molar-refractivity contribution in [3.8, 4) is 5.75 Å². The van der Waals surface area contributed by atoms with Crippen molar-refractivity contribution in [3.05, 3.63) is 48.3 Å². The number of methoxy groups -OCH3 is 1. The van der Waals surface area contributed by atoms with Crippen LogP contribution in [0, 0.1) is 0 Å². The molecule has 6 nitrogen and oxygen atoms in total. The molecular formula is C17H21N5O.